The third kappa shape index (κ3) is 5.78. The zero-order chi connectivity index (χ0) is 24.9. The number of ether oxygens (including phenoxy) is 2. The van der Waals surface area contributed by atoms with Crippen LogP contribution in [0.5, 0.6) is 17.4 Å². The SMILES string of the molecule is COc1ccc(Oc2c(CN(C[C@@H](O)Cc3ccccc3)C3CC3)c(-c3ccccc3)nn2C)cc1. The predicted octanol–water partition coefficient (Wildman–Crippen LogP) is 5.46. The molecule has 0 radical (unpaired) electrons. The number of aliphatic hydroxyl groups excluding tert-OH is 1. The van der Waals surface area contributed by atoms with Gasteiger partial charge in [0.05, 0.1) is 18.8 Å². The van der Waals surface area contributed by atoms with Gasteiger partial charge in [0.25, 0.3) is 0 Å². The van der Waals surface area contributed by atoms with Crippen LogP contribution < -0.4 is 9.47 Å². The number of aromatic nitrogens is 2. The smallest absolute Gasteiger partial charge is 0.222 e. The zero-order valence-electron chi connectivity index (χ0n) is 20.9. The van der Waals surface area contributed by atoms with Crippen molar-refractivity contribution in [1.29, 1.82) is 0 Å². The summed E-state index contributed by atoms with van der Waals surface area (Å²) in [6.45, 7) is 1.25. The van der Waals surface area contributed by atoms with Gasteiger partial charge in [-0.2, -0.15) is 5.10 Å². The normalized spacial score (nSPS) is 14.1. The Labute approximate surface area is 212 Å². The van der Waals surface area contributed by atoms with E-state index in [1.165, 1.54) is 0 Å². The number of rotatable bonds is 11. The van der Waals surface area contributed by atoms with E-state index in [-0.39, 0.29) is 0 Å². The van der Waals surface area contributed by atoms with E-state index in [0.717, 1.165) is 46.7 Å². The number of aryl methyl sites for hydroxylation is 1. The van der Waals surface area contributed by atoms with Crippen LogP contribution in [0.3, 0.4) is 0 Å². The third-order valence-corrected chi connectivity index (χ3v) is 6.59. The van der Waals surface area contributed by atoms with Gasteiger partial charge >= 0.3 is 0 Å². The molecule has 0 unspecified atom stereocenters. The highest BCUT2D eigenvalue weighted by Crippen LogP contribution is 2.37. The van der Waals surface area contributed by atoms with Gasteiger partial charge in [0, 0.05) is 31.7 Å². The van der Waals surface area contributed by atoms with E-state index in [1.54, 1.807) is 7.11 Å². The number of benzene rings is 3. The van der Waals surface area contributed by atoms with Crippen LogP contribution in [0, 0.1) is 0 Å². The van der Waals surface area contributed by atoms with Crippen molar-refractivity contribution >= 4 is 0 Å². The molecule has 5 rings (SSSR count). The Balaban J connectivity index is 1.43. The van der Waals surface area contributed by atoms with Crippen LogP contribution in [0.2, 0.25) is 0 Å². The summed E-state index contributed by atoms with van der Waals surface area (Å²) in [4.78, 5) is 2.39. The van der Waals surface area contributed by atoms with Gasteiger partial charge < -0.3 is 14.6 Å². The highest BCUT2D eigenvalue weighted by molar-refractivity contribution is 5.65. The van der Waals surface area contributed by atoms with Gasteiger partial charge in [0.15, 0.2) is 0 Å². The van der Waals surface area contributed by atoms with Crippen molar-refractivity contribution in [3.63, 3.8) is 0 Å². The Morgan fingerprint density at radius 1 is 0.944 bits per heavy atom. The summed E-state index contributed by atoms with van der Waals surface area (Å²) in [7, 11) is 3.57. The standard InChI is InChI=1S/C30H33N3O3/c1-32-30(36-27-17-15-26(35-2)16-18-27)28(29(31-32)23-11-7-4-8-12-23)21-33(24-13-14-24)20-25(34)19-22-9-5-3-6-10-22/h3-12,15-18,24-25,34H,13-14,19-21H2,1-2H3/t25-/m0/s1. The summed E-state index contributed by atoms with van der Waals surface area (Å²) in [5.74, 6) is 2.22. The molecule has 36 heavy (non-hydrogen) atoms. The Morgan fingerprint density at radius 2 is 1.58 bits per heavy atom. The maximum Gasteiger partial charge on any atom is 0.222 e. The van der Waals surface area contributed by atoms with E-state index in [1.807, 2.05) is 72.4 Å². The molecule has 6 heteroatoms. The second kappa shape index (κ2) is 11.0. The molecule has 1 fully saturated rings. The third-order valence-electron chi connectivity index (χ3n) is 6.59. The quantitative estimate of drug-likeness (QED) is 0.307. The minimum absolute atomic E-state index is 0.448. The fraction of sp³-hybridized carbons (Fsp3) is 0.300. The number of nitrogens with zero attached hydrogens (tertiary/aromatic N) is 3. The van der Waals surface area contributed by atoms with Gasteiger partial charge in [0.1, 0.15) is 17.2 Å². The summed E-state index contributed by atoms with van der Waals surface area (Å²) >= 11 is 0. The first-order valence-electron chi connectivity index (χ1n) is 12.5. The second-order valence-electron chi connectivity index (χ2n) is 9.40. The van der Waals surface area contributed by atoms with Gasteiger partial charge in [-0.25, -0.2) is 4.68 Å². The maximum atomic E-state index is 11.0. The van der Waals surface area contributed by atoms with Crippen molar-refractivity contribution in [2.24, 2.45) is 7.05 Å². The maximum absolute atomic E-state index is 11.0. The van der Waals surface area contributed by atoms with E-state index in [9.17, 15) is 5.11 Å². The molecule has 0 spiro atoms. The van der Waals surface area contributed by atoms with Crippen LogP contribution in [0.15, 0.2) is 84.9 Å². The highest BCUT2D eigenvalue weighted by Gasteiger charge is 2.33. The molecule has 1 saturated carbocycles. The zero-order valence-corrected chi connectivity index (χ0v) is 20.9. The van der Waals surface area contributed by atoms with Crippen molar-refractivity contribution in [3.8, 4) is 28.6 Å². The van der Waals surface area contributed by atoms with E-state index >= 15 is 0 Å². The molecule has 0 amide bonds. The van der Waals surface area contributed by atoms with Crippen LogP contribution in [0.4, 0.5) is 0 Å². The lowest BCUT2D eigenvalue weighted by Crippen LogP contribution is -2.35. The topological polar surface area (TPSA) is 59.8 Å². The van der Waals surface area contributed by atoms with Crippen LogP contribution in [0.1, 0.15) is 24.0 Å². The molecule has 0 aliphatic heterocycles. The number of hydrogen-bond acceptors (Lipinski definition) is 5. The first-order chi connectivity index (χ1) is 17.6. The molecular weight excluding hydrogens is 450 g/mol. The molecule has 0 saturated heterocycles. The fourth-order valence-electron chi connectivity index (χ4n) is 4.61. The molecule has 3 aromatic carbocycles. The Hall–Kier alpha value is -3.61. The van der Waals surface area contributed by atoms with Crippen LogP contribution in [0.25, 0.3) is 11.3 Å². The summed E-state index contributed by atoms with van der Waals surface area (Å²) in [5, 5.41) is 15.8. The van der Waals surface area contributed by atoms with Crippen LogP contribution in [-0.4, -0.2) is 45.6 Å². The average molecular weight is 484 g/mol. The van der Waals surface area contributed by atoms with E-state index in [4.69, 9.17) is 14.6 Å². The Bertz CT molecular complexity index is 1250. The minimum Gasteiger partial charge on any atom is -0.497 e. The fourth-order valence-corrected chi connectivity index (χ4v) is 4.61. The molecule has 1 atom stereocenters. The molecule has 1 aliphatic carbocycles. The van der Waals surface area contributed by atoms with Gasteiger partial charge in [-0.3, -0.25) is 4.90 Å². The van der Waals surface area contributed by atoms with E-state index in [2.05, 4.69) is 29.2 Å². The predicted molar refractivity (Wildman–Crippen MR) is 141 cm³/mol. The highest BCUT2D eigenvalue weighted by atomic mass is 16.5. The molecule has 6 nitrogen and oxygen atoms in total. The van der Waals surface area contributed by atoms with Crippen molar-refractivity contribution in [2.45, 2.75) is 38.0 Å². The van der Waals surface area contributed by atoms with Crippen LogP contribution >= 0.6 is 0 Å². The first kappa shape index (κ1) is 24.1. The Morgan fingerprint density at radius 3 is 2.22 bits per heavy atom. The Kier molecular flexibility index (Phi) is 7.35. The van der Waals surface area contributed by atoms with Crippen molar-refractivity contribution < 1.29 is 14.6 Å². The number of aliphatic hydroxyl groups is 1. The lowest BCUT2D eigenvalue weighted by Gasteiger charge is -2.25. The summed E-state index contributed by atoms with van der Waals surface area (Å²) in [6.07, 6.45) is 2.48. The molecule has 4 aromatic rings. The molecular formula is C30H33N3O3. The van der Waals surface area contributed by atoms with Gasteiger partial charge in [0.2, 0.25) is 5.88 Å². The van der Waals surface area contributed by atoms with Gasteiger partial charge in [-0.05, 0) is 49.1 Å². The van der Waals surface area contributed by atoms with Gasteiger partial charge in [-0.1, -0.05) is 60.7 Å². The van der Waals surface area contributed by atoms with Crippen LogP contribution in [-0.2, 0) is 20.0 Å². The lowest BCUT2D eigenvalue weighted by molar-refractivity contribution is 0.104. The average Bonchev–Trinajstić information content (AvgIpc) is 3.71. The molecule has 1 aromatic heterocycles. The minimum atomic E-state index is -0.448. The molecule has 1 aliphatic rings. The largest absolute Gasteiger partial charge is 0.497 e. The van der Waals surface area contributed by atoms with Crippen molar-refractivity contribution in [1.82, 2.24) is 14.7 Å². The monoisotopic (exact) mass is 483 g/mol. The molecule has 186 valence electrons. The number of hydrogen-bond donors (Lipinski definition) is 1. The lowest BCUT2D eigenvalue weighted by atomic mass is 10.1. The van der Waals surface area contributed by atoms with Gasteiger partial charge in [-0.15, -0.1) is 0 Å². The summed E-state index contributed by atoms with van der Waals surface area (Å²) in [6, 6.07) is 28.5. The first-order valence-corrected chi connectivity index (χ1v) is 12.5. The molecule has 0 bridgehead atoms. The van der Waals surface area contributed by atoms with E-state index in [0.29, 0.717) is 31.4 Å². The summed E-state index contributed by atoms with van der Waals surface area (Å²) in [5.41, 5.74) is 4.13. The van der Waals surface area contributed by atoms with Crippen molar-refractivity contribution in [3.05, 3.63) is 96.1 Å². The number of methoxy groups -OCH3 is 1. The molecule has 1 N–H and O–H groups in total. The molecule has 1 heterocycles. The van der Waals surface area contributed by atoms with Crippen molar-refractivity contribution in [2.75, 3.05) is 13.7 Å². The summed E-state index contributed by atoms with van der Waals surface area (Å²) < 4.78 is 13.5. The van der Waals surface area contributed by atoms with E-state index < -0.39 is 6.10 Å². The second-order valence-corrected chi connectivity index (χ2v) is 9.40.